The molecule has 6 nitrogen and oxygen atoms in total. The number of aliphatic hydroxyl groups is 2. The Morgan fingerprint density at radius 1 is 0.360 bits per heavy atom. The van der Waals surface area contributed by atoms with Crippen LogP contribution in [0.2, 0.25) is 0 Å². The SMILES string of the molecule is CCCCCCCCC/C=C\CCCCCCCCCC(=O)OCCCCCCCCCCCCCC/C=C\CCCCCCCCCCCCCCCCCC(=O)NC(CO)C(O)CCCCCCCCCCC. The summed E-state index contributed by atoms with van der Waals surface area (Å²) in [6.45, 7) is 4.95. The van der Waals surface area contributed by atoms with Gasteiger partial charge in [-0.25, -0.2) is 0 Å². The van der Waals surface area contributed by atoms with Crippen LogP contribution in [0.1, 0.15) is 380 Å². The molecule has 0 aromatic rings. The second-order valence-electron chi connectivity index (χ2n) is 23.5. The molecule has 0 heterocycles. The highest BCUT2D eigenvalue weighted by atomic mass is 16.5. The largest absolute Gasteiger partial charge is 0.466 e. The van der Waals surface area contributed by atoms with Crippen LogP contribution in [0, 0.1) is 0 Å². The Labute approximate surface area is 469 Å². The molecule has 2 atom stereocenters. The number of allylic oxidation sites excluding steroid dienone is 4. The zero-order valence-electron chi connectivity index (χ0n) is 50.8. The molecule has 0 saturated carbocycles. The minimum absolute atomic E-state index is 0.0152. The average Bonchev–Trinajstić information content (AvgIpc) is 3.41. The Hall–Kier alpha value is -1.66. The molecule has 0 aliphatic rings. The van der Waals surface area contributed by atoms with E-state index in [2.05, 4.69) is 43.5 Å². The Balaban J connectivity index is 3.32. The first-order chi connectivity index (χ1) is 37.0. The molecule has 75 heavy (non-hydrogen) atoms. The maximum atomic E-state index is 12.4. The summed E-state index contributed by atoms with van der Waals surface area (Å²) in [4.78, 5) is 24.5. The Bertz CT molecular complexity index is 1170. The molecule has 1 amide bonds. The molecular formula is C69H133NO5. The molecule has 0 aliphatic heterocycles. The maximum Gasteiger partial charge on any atom is 0.305 e. The third-order valence-corrected chi connectivity index (χ3v) is 16.0. The zero-order valence-corrected chi connectivity index (χ0v) is 50.8. The van der Waals surface area contributed by atoms with Crippen LogP contribution in [0.4, 0.5) is 0 Å². The van der Waals surface area contributed by atoms with Gasteiger partial charge >= 0.3 is 5.97 Å². The molecule has 0 saturated heterocycles. The molecule has 0 aromatic carbocycles. The number of esters is 1. The number of ether oxygens (including phenoxy) is 1. The van der Waals surface area contributed by atoms with Gasteiger partial charge in [0.2, 0.25) is 5.91 Å². The van der Waals surface area contributed by atoms with Crippen molar-refractivity contribution in [3.05, 3.63) is 24.3 Å². The minimum Gasteiger partial charge on any atom is -0.466 e. The lowest BCUT2D eigenvalue weighted by Gasteiger charge is -2.22. The van der Waals surface area contributed by atoms with Crippen LogP contribution in [-0.4, -0.2) is 47.4 Å². The third-order valence-electron chi connectivity index (χ3n) is 16.0. The number of unbranched alkanes of at least 4 members (excludes halogenated alkanes) is 49. The van der Waals surface area contributed by atoms with Gasteiger partial charge in [-0.1, -0.05) is 314 Å². The van der Waals surface area contributed by atoms with Crippen molar-refractivity contribution in [2.24, 2.45) is 0 Å². The van der Waals surface area contributed by atoms with Gasteiger partial charge in [-0.05, 0) is 77.0 Å². The molecule has 0 aromatic heterocycles. The predicted molar refractivity (Wildman–Crippen MR) is 329 cm³/mol. The predicted octanol–water partition coefficient (Wildman–Crippen LogP) is 21.8. The molecule has 0 spiro atoms. The molecule has 0 aliphatic carbocycles. The van der Waals surface area contributed by atoms with Crippen molar-refractivity contribution in [3.8, 4) is 0 Å². The Morgan fingerprint density at radius 3 is 0.947 bits per heavy atom. The van der Waals surface area contributed by atoms with E-state index >= 15 is 0 Å². The van der Waals surface area contributed by atoms with E-state index in [1.165, 1.54) is 302 Å². The van der Waals surface area contributed by atoms with Crippen LogP contribution in [-0.2, 0) is 14.3 Å². The molecule has 3 N–H and O–H groups in total. The van der Waals surface area contributed by atoms with Gasteiger partial charge in [-0.15, -0.1) is 0 Å². The Kier molecular flexibility index (Phi) is 63.4. The summed E-state index contributed by atoms with van der Waals surface area (Å²) in [5, 5.41) is 23.1. The standard InChI is InChI=1S/C69H133NO5/c1-3-5-7-9-11-13-14-15-16-17-34-37-40-43-47-51-55-59-63-69(74)75-64-60-56-52-48-44-41-38-35-32-30-28-26-24-22-20-18-19-21-23-25-27-29-31-33-36-39-42-46-50-54-58-62-68(73)70-66(65-71)67(72)61-57-53-49-45-12-10-8-6-4-2/h16-17,20,22,66-67,71-72H,3-15,18-19,21,23-65H2,1-2H3,(H,70,73)/b17-16-,22-20-. The third kappa shape index (κ3) is 61.4. The lowest BCUT2D eigenvalue weighted by atomic mass is 10.0. The van der Waals surface area contributed by atoms with Gasteiger partial charge in [0, 0.05) is 12.8 Å². The van der Waals surface area contributed by atoms with E-state index < -0.39 is 12.1 Å². The lowest BCUT2D eigenvalue weighted by molar-refractivity contribution is -0.143. The van der Waals surface area contributed by atoms with Crippen molar-refractivity contribution >= 4 is 11.9 Å². The monoisotopic (exact) mass is 1060 g/mol. The summed E-state index contributed by atoms with van der Waals surface area (Å²) < 4.78 is 5.50. The topological polar surface area (TPSA) is 95.9 Å². The van der Waals surface area contributed by atoms with Crippen molar-refractivity contribution in [2.75, 3.05) is 13.2 Å². The average molecular weight is 1060 g/mol. The molecule has 6 heteroatoms. The van der Waals surface area contributed by atoms with Gasteiger partial charge in [0.05, 0.1) is 25.4 Å². The molecule has 0 fully saturated rings. The molecule has 2 unspecified atom stereocenters. The van der Waals surface area contributed by atoms with Crippen molar-refractivity contribution < 1.29 is 24.5 Å². The summed E-state index contributed by atoms with van der Waals surface area (Å²) >= 11 is 0. The lowest BCUT2D eigenvalue weighted by Crippen LogP contribution is -2.45. The number of amides is 1. The molecule has 0 bridgehead atoms. The van der Waals surface area contributed by atoms with E-state index in [1.807, 2.05) is 0 Å². The number of carbonyl (C=O) groups is 2. The van der Waals surface area contributed by atoms with E-state index in [0.717, 1.165) is 44.9 Å². The van der Waals surface area contributed by atoms with Gasteiger partial charge in [-0.3, -0.25) is 9.59 Å². The molecule has 0 rings (SSSR count). The van der Waals surface area contributed by atoms with Crippen LogP contribution in [0.3, 0.4) is 0 Å². The number of carbonyl (C=O) groups excluding carboxylic acids is 2. The minimum atomic E-state index is -0.660. The zero-order chi connectivity index (χ0) is 54.3. The fourth-order valence-corrected chi connectivity index (χ4v) is 10.7. The van der Waals surface area contributed by atoms with Gasteiger partial charge < -0.3 is 20.3 Å². The van der Waals surface area contributed by atoms with E-state index in [1.54, 1.807) is 0 Å². The molecular weight excluding hydrogens is 923 g/mol. The van der Waals surface area contributed by atoms with Crippen LogP contribution in [0.5, 0.6) is 0 Å². The van der Waals surface area contributed by atoms with Gasteiger partial charge in [0.15, 0.2) is 0 Å². The van der Waals surface area contributed by atoms with Crippen LogP contribution in [0.15, 0.2) is 24.3 Å². The second kappa shape index (κ2) is 64.9. The van der Waals surface area contributed by atoms with E-state index in [4.69, 9.17) is 4.74 Å². The van der Waals surface area contributed by atoms with Gasteiger partial charge in [0.1, 0.15) is 0 Å². The second-order valence-corrected chi connectivity index (χ2v) is 23.5. The number of hydrogen-bond donors (Lipinski definition) is 3. The van der Waals surface area contributed by atoms with Gasteiger partial charge in [-0.2, -0.15) is 0 Å². The van der Waals surface area contributed by atoms with Crippen LogP contribution >= 0.6 is 0 Å². The fourth-order valence-electron chi connectivity index (χ4n) is 10.7. The number of nitrogens with one attached hydrogen (secondary N) is 1. The van der Waals surface area contributed by atoms with Crippen molar-refractivity contribution in [1.82, 2.24) is 5.32 Å². The smallest absolute Gasteiger partial charge is 0.305 e. The number of aliphatic hydroxyl groups excluding tert-OH is 2. The number of hydrogen-bond acceptors (Lipinski definition) is 5. The highest BCUT2D eigenvalue weighted by Gasteiger charge is 2.20. The van der Waals surface area contributed by atoms with Crippen molar-refractivity contribution in [3.63, 3.8) is 0 Å². The molecule has 0 radical (unpaired) electrons. The normalized spacial score (nSPS) is 12.6. The quantitative estimate of drug-likeness (QED) is 0.0320. The fraction of sp³-hybridized carbons (Fsp3) is 0.913. The van der Waals surface area contributed by atoms with Gasteiger partial charge in [0.25, 0.3) is 0 Å². The first-order valence-corrected chi connectivity index (χ1v) is 34.1. The van der Waals surface area contributed by atoms with Crippen molar-refractivity contribution in [2.45, 2.75) is 392 Å². The summed E-state index contributed by atoms with van der Waals surface area (Å²) in [5.41, 5.74) is 0. The van der Waals surface area contributed by atoms with Crippen LogP contribution in [0.25, 0.3) is 0 Å². The first-order valence-electron chi connectivity index (χ1n) is 34.1. The summed E-state index contributed by atoms with van der Waals surface area (Å²) in [6, 6.07) is -0.537. The maximum absolute atomic E-state index is 12.4. The van der Waals surface area contributed by atoms with E-state index in [0.29, 0.717) is 25.9 Å². The summed E-state index contributed by atoms with van der Waals surface area (Å²) in [6.07, 6.45) is 80.9. The van der Waals surface area contributed by atoms with E-state index in [-0.39, 0.29) is 18.5 Å². The molecule has 444 valence electrons. The highest BCUT2D eigenvalue weighted by molar-refractivity contribution is 5.76. The summed E-state index contributed by atoms with van der Waals surface area (Å²) in [7, 11) is 0. The van der Waals surface area contributed by atoms with Crippen LogP contribution < -0.4 is 5.32 Å². The highest BCUT2D eigenvalue weighted by Crippen LogP contribution is 2.18. The first kappa shape index (κ1) is 73.3. The van der Waals surface area contributed by atoms with E-state index in [9.17, 15) is 19.8 Å². The Morgan fingerprint density at radius 2 is 0.627 bits per heavy atom. The number of rotatable bonds is 64. The summed E-state index contributed by atoms with van der Waals surface area (Å²) in [5.74, 6) is -0.0186. The van der Waals surface area contributed by atoms with Crippen molar-refractivity contribution in [1.29, 1.82) is 0 Å².